The summed E-state index contributed by atoms with van der Waals surface area (Å²) < 4.78 is 0. The summed E-state index contributed by atoms with van der Waals surface area (Å²) in [4.78, 5) is 0. The highest BCUT2D eigenvalue weighted by Gasteiger charge is 1.94. The number of unbranched alkanes of at least 4 members (excludes halogenated alkanes) is 5. The zero-order valence-corrected chi connectivity index (χ0v) is 9.20. The topological polar surface area (TPSA) is 20.2 Å². The molecule has 1 unspecified atom stereocenters. The van der Waals surface area contributed by atoms with E-state index in [4.69, 9.17) is 5.11 Å². The molecule has 0 amide bonds. The van der Waals surface area contributed by atoms with Gasteiger partial charge in [0, 0.05) is 0 Å². The van der Waals surface area contributed by atoms with Crippen LogP contribution in [0.2, 0.25) is 0 Å². The van der Waals surface area contributed by atoms with Gasteiger partial charge in [-0.15, -0.1) is 12.4 Å². The van der Waals surface area contributed by atoms with Crippen LogP contribution in [0.25, 0.3) is 0 Å². The number of rotatable bonds is 7. The van der Waals surface area contributed by atoms with Crippen molar-refractivity contribution in [3.05, 3.63) is 0 Å². The summed E-state index contributed by atoms with van der Waals surface area (Å²) in [6.07, 6.45) is 8.78. The predicted molar refractivity (Wildman–Crippen MR) is 56.9 cm³/mol. The molecule has 0 heterocycles. The summed E-state index contributed by atoms with van der Waals surface area (Å²) >= 11 is 0. The van der Waals surface area contributed by atoms with E-state index in [1.54, 1.807) is 0 Å². The van der Waals surface area contributed by atoms with Gasteiger partial charge in [0.1, 0.15) is 0 Å². The van der Waals surface area contributed by atoms with Crippen LogP contribution in [0.5, 0.6) is 0 Å². The van der Waals surface area contributed by atoms with Crippen LogP contribution in [0.15, 0.2) is 0 Å². The summed E-state index contributed by atoms with van der Waals surface area (Å²) in [5, 5.41) is 8.96. The minimum Gasteiger partial charge on any atom is -0.393 e. The lowest BCUT2D eigenvalue weighted by atomic mass is 10.1. The molecule has 1 atom stereocenters. The third-order valence-corrected chi connectivity index (χ3v) is 1.98. The van der Waals surface area contributed by atoms with Crippen molar-refractivity contribution >= 4 is 12.4 Å². The number of aliphatic hydroxyl groups is 1. The molecule has 0 aromatic rings. The van der Waals surface area contributed by atoms with Gasteiger partial charge in [0.05, 0.1) is 6.10 Å². The molecule has 0 aromatic carbocycles. The maximum absolute atomic E-state index is 8.96. The maximum Gasteiger partial charge on any atom is 0.0512 e. The Kier molecular flexibility index (Phi) is 13.8. The van der Waals surface area contributed by atoms with E-state index in [1.165, 1.54) is 38.5 Å². The second kappa shape index (κ2) is 11.2. The molecule has 0 aromatic heterocycles. The molecule has 0 radical (unpaired) electrons. The molecule has 1 nitrogen and oxygen atoms in total. The summed E-state index contributed by atoms with van der Waals surface area (Å²) in [6, 6.07) is 0. The van der Waals surface area contributed by atoms with E-state index >= 15 is 0 Å². The van der Waals surface area contributed by atoms with Crippen molar-refractivity contribution in [3.8, 4) is 0 Å². The van der Waals surface area contributed by atoms with Crippen LogP contribution in [0.1, 0.15) is 58.8 Å². The first-order chi connectivity index (χ1) is 5.27. The molecule has 0 aliphatic carbocycles. The number of hydrogen-bond acceptors (Lipinski definition) is 1. The van der Waals surface area contributed by atoms with Crippen molar-refractivity contribution in [2.24, 2.45) is 0 Å². The summed E-state index contributed by atoms with van der Waals surface area (Å²) in [6.45, 7) is 4.10. The summed E-state index contributed by atoms with van der Waals surface area (Å²) in [5.41, 5.74) is 0. The Morgan fingerprint density at radius 2 is 1.50 bits per heavy atom. The van der Waals surface area contributed by atoms with E-state index < -0.39 is 0 Å². The zero-order chi connectivity index (χ0) is 8.53. The number of halogens is 1. The van der Waals surface area contributed by atoms with E-state index in [0.29, 0.717) is 0 Å². The fraction of sp³-hybridized carbons (Fsp3) is 1.00. The highest BCUT2D eigenvalue weighted by atomic mass is 35.5. The van der Waals surface area contributed by atoms with Crippen molar-refractivity contribution in [3.63, 3.8) is 0 Å². The van der Waals surface area contributed by atoms with Crippen LogP contribution < -0.4 is 0 Å². The Bertz CT molecular complexity index is 74.2. The molecule has 1 N–H and O–H groups in total. The largest absolute Gasteiger partial charge is 0.393 e. The van der Waals surface area contributed by atoms with Gasteiger partial charge >= 0.3 is 0 Å². The Labute approximate surface area is 83.0 Å². The van der Waals surface area contributed by atoms with Crippen molar-refractivity contribution < 1.29 is 5.11 Å². The molecular weight excluding hydrogens is 172 g/mol. The van der Waals surface area contributed by atoms with Gasteiger partial charge in [0.15, 0.2) is 0 Å². The van der Waals surface area contributed by atoms with Crippen molar-refractivity contribution in [2.45, 2.75) is 64.9 Å². The third kappa shape index (κ3) is 12.9. The summed E-state index contributed by atoms with van der Waals surface area (Å²) in [7, 11) is 0. The normalized spacial score (nSPS) is 12.2. The number of aliphatic hydroxyl groups excluding tert-OH is 1. The molecule has 0 bridgehead atoms. The monoisotopic (exact) mass is 194 g/mol. The summed E-state index contributed by atoms with van der Waals surface area (Å²) in [5.74, 6) is 0. The molecule has 0 fully saturated rings. The van der Waals surface area contributed by atoms with Gasteiger partial charge in [0.2, 0.25) is 0 Å². The van der Waals surface area contributed by atoms with Crippen LogP contribution in [-0.4, -0.2) is 11.2 Å². The Morgan fingerprint density at radius 3 is 2.00 bits per heavy atom. The average Bonchev–Trinajstić information content (AvgIpc) is 1.96. The van der Waals surface area contributed by atoms with Gasteiger partial charge < -0.3 is 5.11 Å². The molecule has 0 aliphatic heterocycles. The van der Waals surface area contributed by atoms with Gasteiger partial charge in [-0.25, -0.2) is 0 Å². The lowest BCUT2D eigenvalue weighted by Gasteiger charge is -2.02. The fourth-order valence-corrected chi connectivity index (χ4v) is 1.22. The van der Waals surface area contributed by atoms with Crippen molar-refractivity contribution in [2.75, 3.05) is 0 Å². The SMILES string of the molecule is CCCCCCCCC(C)O.Cl. The highest BCUT2D eigenvalue weighted by Crippen LogP contribution is 2.07. The number of hydrogen-bond donors (Lipinski definition) is 1. The molecule has 0 aliphatic rings. The second-order valence-corrected chi connectivity index (χ2v) is 3.41. The lowest BCUT2D eigenvalue weighted by molar-refractivity contribution is 0.180. The maximum atomic E-state index is 8.96. The van der Waals surface area contributed by atoms with Crippen LogP contribution in [-0.2, 0) is 0 Å². The molecule has 12 heavy (non-hydrogen) atoms. The van der Waals surface area contributed by atoms with Crippen LogP contribution in [0, 0.1) is 0 Å². The average molecular weight is 195 g/mol. The van der Waals surface area contributed by atoms with Gasteiger partial charge in [0.25, 0.3) is 0 Å². The quantitative estimate of drug-likeness (QED) is 0.615. The molecule has 2 heteroatoms. The van der Waals surface area contributed by atoms with E-state index in [0.717, 1.165) is 6.42 Å². The molecule has 0 rings (SSSR count). The van der Waals surface area contributed by atoms with E-state index in [1.807, 2.05) is 6.92 Å². The van der Waals surface area contributed by atoms with E-state index in [-0.39, 0.29) is 18.5 Å². The predicted octanol–water partition coefficient (Wildman–Crippen LogP) is 3.54. The van der Waals surface area contributed by atoms with E-state index in [2.05, 4.69) is 6.92 Å². The van der Waals surface area contributed by atoms with Gasteiger partial charge in [-0.1, -0.05) is 45.4 Å². The highest BCUT2D eigenvalue weighted by molar-refractivity contribution is 5.85. The minimum atomic E-state index is -0.0961. The third-order valence-electron chi connectivity index (χ3n) is 1.98. The first kappa shape index (κ1) is 14.8. The Hall–Kier alpha value is 0.250. The first-order valence-electron chi connectivity index (χ1n) is 4.95. The van der Waals surface area contributed by atoms with Crippen LogP contribution in [0.4, 0.5) is 0 Å². The Balaban J connectivity index is 0. The molecular formula is C10H23ClO. The zero-order valence-electron chi connectivity index (χ0n) is 8.38. The molecule has 0 spiro atoms. The first-order valence-corrected chi connectivity index (χ1v) is 4.95. The van der Waals surface area contributed by atoms with Gasteiger partial charge in [-0.2, -0.15) is 0 Å². The smallest absolute Gasteiger partial charge is 0.0512 e. The van der Waals surface area contributed by atoms with Crippen LogP contribution >= 0.6 is 12.4 Å². The van der Waals surface area contributed by atoms with Crippen molar-refractivity contribution in [1.29, 1.82) is 0 Å². The standard InChI is InChI=1S/C10H22O.ClH/c1-3-4-5-6-7-8-9-10(2)11;/h10-11H,3-9H2,1-2H3;1H. The Morgan fingerprint density at radius 1 is 1.00 bits per heavy atom. The van der Waals surface area contributed by atoms with E-state index in [9.17, 15) is 0 Å². The molecule has 76 valence electrons. The lowest BCUT2D eigenvalue weighted by Crippen LogP contribution is -1.98. The minimum absolute atomic E-state index is 0. The fourth-order valence-electron chi connectivity index (χ4n) is 1.22. The molecule has 0 saturated carbocycles. The van der Waals surface area contributed by atoms with Gasteiger partial charge in [-0.3, -0.25) is 0 Å². The second-order valence-electron chi connectivity index (χ2n) is 3.41. The van der Waals surface area contributed by atoms with Crippen LogP contribution in [0.3, 0.4) is 0 Å². The van der Waals surface area contributed by atoms with Crippen molar-refractivity contribution in [1.82, 2.24) is 0 Å². The molecule has 0 saturated heterocycles. The van der Waals surface area contributed by atoms with Gasteiger partial charge in [-0.05, 0) is 13.3 Å².